The summed E-state index contributed by atoms with van der Waals surface area (Å²) in [7, 11) is 0. The molecule has 0 radical (unpaired) electrons. The van der Waals surface area contributed by atoms with Crippen LogP contribution < -0.4 is 11.1 Å². The molecule has 1 aromatic heterocycles. The molecule has 0 amide bonds. The molecule has 3 N–H and O–H groups in total. The van der Waals surface area contributed by atoms with Crippen LogP contribution in [-0.2, 0) is 4.74 Å². The highest BCUT2D eigenvalue weighted by atomic mass is 32.1. The summed E-state index contributed by atoms with van der Waals surface area (Å²) in [6.45, 7) is 6.26. The van der Waals surface area contributed by atoms with Gasteiger partial charge in [-0.05, 0) is 45.0 Å². The number of thiophene rings is 1. The Morgan fingerprint density at radius 2 is 2.14 bits per heavy atom. The van der Waals surface area contributed by atoms with Crippen LogP contribution in [0.3, 0.4) is 0 Å². The number of esters is 1. The number of ether oxygens (including phenoxy) is 1. The van der Waals surface area contributed by atoms with Crippen LogP contribution in [0.1, 0.15) is 40.0 Å². The molecule has 0 aliphatic heterocycles. The number of nitrogens with two attached hydrogens (primary N) is 1. The maximum absolute atomic E-state index is 11.8. The molecule has 1 aromatic carbocycles. The minimum absolute atomic E-state index is 0.128. The van der Waals surface area contributed by atoms with Crippen molar-refractivity contribution in [2.75, 3.05) is 17.7 Å². The van der Waals surface area contributed by atoms with Crippen LogP contribution in [0.25, 0.3) is 0 Å². The number of hydrogen-bond donors (Lipinski definition) is 2. The maximum Gasteiger partial charge on any atom is 0.340 e. The molecule has 0 spiro atoms. The van der Waals surface area contributed by atoms with E-state index in [0.29, 0.717) is 17.9 Å². The summed E-state index contributed by atoms with van der Waals surface area (Å²) < 4.78 is 5.01. The van der Waals surface area contributed by atoms with Gasteiger partial charge < -0.3 is 15.8 Å². The number of benzene rings is 1. The first kappa shape index (κ1) is 15.4. The first-order valence-corrected chi connectivity index (χ1v) is 7.73. The predicted molar refractivity (Wildman–Crippen MR) is 87.9 cm³/mol. The Balaban J connectivity index is 2.20. The van der Waals surface area contributed by atoms with Crippen LogP contribution >= 0.6 is 11.3 Å². The summed E-state index contributed by atoms with van der Waals surface area (Å²) in [5, 5.41) is 3.35. The monoisotopic (exact) mass is 304 g/mol. The van der Waals surface area contributed by atoms with E-state index >= 15 is 0 Å². The number of para-hydroxylation sites is 1. The quantitative estimate of drug-likeness (QED) is 0.647. The van der Waals surface area contributed by atoms with E-state index in [9.17, 15) is 4.79 Å². The van der Waals surface area contributed by atoms with Crippen molar-refractivity contribution in [3.05, 3.63) is 45.6 Å². The average Bonchev–Trinajstić information content (AvgIpc) is 2.88. The molecule has 1 atom stereocenters. The van der Waals surface area contributed by atoms with Crippen molar-refractivity contribution in [2.45, 2.75) is 26.8 Å². The number of nitrogens with one attached hydrogen (secondary N) is 1. The fraction of sp³-hybridized carbons (Fsp3) is 0.312. The SMILES string of the molecule is CCOC(=O)c1cccc(NC(C)c2ccc(C)s2)c1N. The largest absolute Gasteiger partial charge is 0.462 e. The zero-order valence-electron chi connectivity index (χ0n) is 12.5. The third-order valence-corrected chi connectivity index (χ3v) is 4.34. The van der Waals surface area contributed by atoms with E-state index in [0.717, 1.165) is 5.69 Å². The molecular weight excluding hydrogens is 284 g/mol. The van der Waals surface area contributed by atoms with Gasteiger partial charge in [0.25, 0.3) is 0 Å². The highest BCUT2D eigenvalue weighted by Crippen LogP contribution is 2.30. The van der Waals surface area contributed by atoms with E-state index in [2.05, 4.69) is 31.3 Å². The number of rotatable bonds is 5. The normalized spacial score (nSPS) is 12.0. The predicted octanol–water partition coefficient (Wildman–Crippen LogP) is 3.99. The Morgan fingerprint density at radius 1 is 1.38 bits per heavy atom. The smallest absolute Gasteiger partial charge is 0.340 e. The fourth-order valence-electron chi connectivity index (χ4n) is 2.07. The van der Waals surface area contributed by atoms with Gasteiger partial charge >= 0.3 is 5.97 Å². The molecular formula is C16H20N2O2S. The van der Waals surface area contributed by atoms with Gasteiger partial charge in [-0.1, -0.05) is 6.07 Å². The highest BCUT2D eigenvalue weighted by Gasteiger charge is 2.15. The lowest BCUT2D eigenvalue weighted by Gasteiger charge is -2.17. The number of hydrogen-bond acceptors (Lipinski definition) is 5. The second-order valence-electron chi connectivity index (χ2n) is 4.80. The molecule has 21 heavy (non-hydrogen) atoms. The van der Waals surface area contributed by atoms with Crippen LogP contribution in [0, 0.1) is 6.92 Å². The number of carbonyl (C=O) groups excluding carboxylic acids is 1. The lowest BCUT2D eigenvalue weighted by Crippen LogP contribution is -2.12. The number of nitrogen functional groups attached to an aromatic ring is 1. The molecule has 0 aliphatic carbocycles. The zero-order chi connectivity index (χ0) is 15.4. The Bertz CT molecular complexity index is 637. The maximum atomic E-state index is 11.8. The molecule has 0 saturated carbocycles. The first-order chi connectivity index (χ1) is 10.0. The lowest BCUT2D eigenvalue weighted by molar-refractivity contribution is 0.0527. The van der Waals surface area contributed by atoms with Gasteiger partial charge in [0.15, 0.2) is 0 Å². The summed E-state index contributed by atoms with van der Waals surface area (Å²) >= 11 is 1.74. The molecule has 1 unspecified atom stereocenters. The summed E-state index contributed by atoms with van der Waals surface area (Å²) in [5.41, 5.74) is 7.66. The van der Waals surface area contributed by atoms with Crippen molar-refractivity contribution in [3.8, 4) is 0 Å². The number of carbonyl (C=O) groups is 1. The molecule has 2 rings (SSSR count). The average molecular weight is 304 g/mol. The van der Waals surface area contributed by atoms with Crippen molar-refractivity contribution < 1.29 is 9.53 Å². The lowest BCUT2D eigenvalue weighted by atomic mass is 10.1. The topological polar surface area (TPSA) is 64.3 Å². The van der Waals surface area contributed by atoms with Gasteiger partial charge in [-0.2, -0.15) is 0 Å². The molecule has 1 heterocycles. The van der Waals surface area contributed by atoms with Gasteiger partial charge in [-0.3, -0.25) is 0 Å². The molecule has 0 saturated heterocycles. The Morgan fingerprint density at radius 3 is 2.76 bits per heavy atom. The second kappa shape index (κ2) is 6.63. The van der Waals surface area contributed by atoms with E-state index < -0.39 is 5.97 Å². The second-order valence-corrected chi connectivity index (χ2v) is 6.12. The molecule has 0 aliphatic rings. The van der Waals surface area contributed by atoms with E-state index in [-0.39, 0.29) is 6.04 Å². The molecule has 0 bridgehead atoms. The zero-order valence-corrected chi connectivity index (χ0v) is 13.3. The summed E-state index contributed by atoms with van der Waals surface area (Å²) in [6, 6.07) is 9.67. The van der Waals surface area contributed by atoms with E-state index in [1.165, 1.54) is 9.75 Å². The van der Waals surface area contributed by atoms with E-state index in [4.69, 9.17) is 10.5 Å². The standard InChI is InChI=1S/C16H20N2O2S/c1-4-20-16(19)12-6-5-7-13(15(12)17)18-11(3)14-9-8-10(2)21-14/h5-9,11,18H,4,17H2,1-3H3. The molecule has 4 nitrogen and oxygen atoms in total. The highest BCUT2D eigenvalue weighted by molar-refractivity contribution is 7.12. The number of aryl methyl sites for hydroxylation is 1. The van der Waals surface area contributed by atoms with Crippen molar-refractivity contribution in [2.24, 2.45) is 0 Å². The van der Waals surface area contributed by atoms with Gasteiger partial charge in [0.05, 0.1) is 29.6 Å². The molecule has 5 heteroatoms. The summed E-state index contributed by atoms with van der Waals surface area (Å²) in [5.74, 6) is -0.390. The Hall–Kier alpha value is -2.01. The summed E-state index contributed by atoms with van der Waals surface area (Å²) in [6.07, 6.45) is 0. The van der Waals surface area contributed by atoms with Crippen molar-refractivity contribution in [1.29, 1.82) is 0 Å². The van der Waals surface area contributed by atoms with Crippen molar-refractivity contribution >= 4 is 28.7 Å². The van der Waals surface area contributed by atoms with Gasteiger partial charge in [0.1, 0.15) is 0 Å². The Kier molecular flexibility index (Phi) is 4.85. The van der Waals surface area contributed by atoms with Crippen LogP contribution in [0.5, 0.6) is 0 Å². The number of anilines is 2. The van der Waals surface area contributed by atoms with Crippen molar-refractivity contribution in [3.63, 3.8) is 0 Å². The van der Waals surface area contributed by atoms with Gasteiger partial charge in [0, 0.05) is 9.75 Å². The fourth-order valence-corrected chi connectivity index (χ4v) is 2.95. The third kappa shape index (κ3) is 3.55. The van der Waals surface area contributed by atoms with Gasteiger partial charge in [-0.25, -0.2) is 4.79 Å². The van der Waals surface area contributed by atoms with Gasteiger partial charge in [0.2, 0.25) is 0 Å². The van der Waals surface area contributed by atoms with Crippen LogP contribution in [0.2, 0.25) is 0 Å². The van der Waals surface area contributed by atoms with Crippen molar-refractivity contribution in [1.82, 2.24) is 0 Å². The Labute approximate surface area is 128 Å². The van der Waals surface area contributed by atoms with Crippen LogP contribution in [0.4, 0.5) is 11.4 Å². The van der Waals surface area contributed by atoms with E-state index in [1.54, 1.807) is 30.4 Å². The third-order valence-electron chi connectivity index (χ3n) is 3.16. The van der Waals surface area contributed by atoms with Crippen LogP contribution in [0.15, 0.2) is 30.3 Å². The molecule has 112 valence electrons. The minimum atomic E-state index is -0.390. The molecule has 2 aromatic rings. The van der Waals surface area contributed by atoms with Crippen LogP contribution in [-0.4, -0.2) is 12.6 Å². The minimum Gasteiger partial charge on any atom is -0.462 e. The summed E-state index contributed by atoms with van der Waals surface area (Å²) in [4.78, 5) is 14.3. The molecule has 0 fully saturated rings. The van der Waals surface area contributed by atoms with Gasteiger partial charge in [-0.15, -0.1) is 11.3 Å². The first-order valence-electron chi connectivity index (χ1n) is 6.91. The van der Waals surface area contributed by atoms with E-state index in [1.807, 2.05) is 6.07 Å².